The van der Waals surface area contributed by atoms with Crippen molar-refractivity contribution in [1.29, 1.82) is 0 Å². The third-order valence-corrected chi connectivity index (χ3v) is 6.62. The van der Waals surface area contributed by atoms with E-state index in [0.717, 1.165) is 55.9 Å². The molecule has 0 aliphatic carbocycles. The lowest BCUT2D eigenvalue weighted by atomic mass is 10.0. The molecular formula is C23H36N6O. The minimum Gasteiger partial charge on any atom is -0.357 e. The zero-order valence-corrected chi connectivity index (χ0v) is 18.7. The number of aromatic nitrogens is 3. The number of amides is 1. The van der Waals surface area contributed by atoms with Crippen LogP contribution in [0.5, 0.6) is 0 Å². The van der Waals surface area contributed by atoms with Crippen molar-refractivity contribution in [3.63, 3.8) is 0 Å². The van der Waals surface area contributed by atoms with Gasteiger partial charge in [-0.1, -0.05) is 12.8 Å². The van der Waals surface area contributed by atoms with Gasteiger partial charge in [0.15, 0.2) is 11.3 Å². The number of pyridine rings is 1. The highest BCUT2D eigenvalue weighted by Gasteiger charge is 2.25. The number of fused-ring (bicyclic) bond motifs is 1. The monoisotopic (exact) mass is 412 g/mol. The van der Waals surface area contributed by atoms with E-state index in [4.69, 9.17) is 4.98 Å². The predicted molar refractivity (Wildman–Crippen MR) is 121 cm³/mol. The molecule has 4 rings (SSSR count). The van der Waals surface area contributed by atoms with Crippen molar-refractivity contribution < 1.29 is 4.79 Å². The Bertz CT molecular complexity index is 860. The molecule has 4 heterocycles. The maximum Gasteiger partial charge on any atom is 0.272 e. The van der Waals surface area contributed by atoms with Crippen LogP contribution >= 0.6 is 0 Å². The quantitative estimate of drug-likeness (QED) is 0.815. The summed E-state index contributed by atoms with van der Waals surface area (Å²) < 4.78 is 1.87. The van der Waals surface area contributed by atoms with Crippen LogP contribution < -0.4 is 10.2 Å². The molecule has 2 saturated heterocycles. The minimum atomic E-state index is -0.0699. The van der Waals surface area contributed by atoms with Crippen LogP contribution in [-0.4, -0.2) is 63.8 Å². The summed E-state index contributed by atoms with van der Waals surface area (Å²) >= 11 is 0. The van der Waals surface area contributed by atoms with Crippen LogP contribution in [0.4, 0.5) is 5.82 Å². The molecule has 0 radical (unpaired) electrons. The number of nitrogens with zero attached hydrogens (tertiary/aromatic N) is 5. The Morgan fingerprint density at radius 3 is 2.43 bits per heavy atom. The molecular weight excluding hydrogens is 376 g/mol. The van der Waals surface area contributed by atoms with Gasteiger partial charge in [0.25, 0.3) is 5.91 Å². The smallest absolute Gasteiger partial charge is 0.272 e. The molecule has 0 atom stereocenters. The van der Waals surface area contributed by atoms with Gasteiger partial charge in [-0.15, -0.1) is 0 Å². The van der Waals surface area contributed by atoms with Gasteiger partial charge in [-0.3, -0.25) is 4.79 Å². The lowest BCUT2D eigenvalue weighted by Gasteiger charge is -2.34. The van der Waals surface area contributed by atoms with Crippen molar-refractivity contribution in [1.82, 2.24) is 25.0 Å². The second kappa shape index (κ2) is 9.33. The number of hydrogen-bond acceptors (Lipinski definition) is 5. The van der Waals surface area contributed by atoms with E-state index in [9.17, 15) is 4.79 Å². The largest absolute Gasteiger partial charge is 0.357 e. The number of nitrogens with one attached hydrogen (secondary N) is 1. The summed E-state index contributed by atoms with van der Waals surface area (Å²) in [6, 6.07) is 4.89. The van der Waals surface area contributed by atoms with Crippen molar-refractivity contribution >= 4 is 22.8 Å². The summed E-state index contributed by atoms with van der Waals surface area (Å²) in [6.45, 7) is 11.4. The van der Waals surface area contributed by atoms with Crippen molar-refractivity contribution in [3.05, 3.63) is 17.8 Å². The first-order valence-corrected chi connectivity index (χ1v) is 11.7. The van der Waals surface area contributed by atoms with E-state index in [2.05, 4.69) is 47.1 Å². The Morgan fingerprint density at radius 2 is 1.80 bits per heavy atom. The van der Waals surface area contributed by atoms with Crippen LogP contribution in [0.2, 0.25) is 0 Å². The maximum atomic E-state index is 13.1. The molecule has 1 amide bonds. The number of carbonyl (C=O) groups is 1. The molecule has 0 saturated carbocycles. The Kier molecular flexibility index (Phi) is 6.56. The van der Waals surface area contributed by atoms with Crippen LogP contribution in [0.3, 0.4) is 0 Å². The number of anilines is 1. The van der Waals surface area contributed by atoms with Gasteiger partial charge in [0.2, 0.25) is 0 Å². The summed E-state index contributed by atoms with van der Waals surface area (Å²) in [4.78, 5) is 22.8. The second-order valence-electron chi connectivity index (χ2n) is 8.98. The van der Waals surface area contributed by atoms with Gasteiger partial charge < -0.3 is 15.1 Å². The second-order valence-corrected chi connectivity index (χ2v) is 8.98. The summed E-state index contributed by atoms with van der Waals surface area (Å²) in [5.74, 6) is 0.937. The molecule has 0 aromatic carbocycles. The van der Waals surface area contributed by atoms with E-state index in [0.29, 0.717) is 18.3 Å². The molecule has 7 nitrogen and oxygen atoms in total. The fourth-order valence-corrected chi connectivity index (χ4v) is 4.72. The highest BCUT2D eigenvalue weighted by molar-refractivity contribution is 6.04. The lowest BCUT2D eigenvalue weighted by Crippen LogP contribution is -2.46. The summed E-state index contributed by atoms with van der Waals surface area (Å²) in [5.41, 5.74) is 1.33. The molecule has 0 bridgehead atoms. The summed E-state index contributed by atoms with van der Waals surface area (Å²) in [7, 11) is 0. The molecule has 2 aliphatic rings. The third-order valence-electron chi connectivity index (χ3n) is 6.62. The number of rotatable bonds is 5. The first-order chi connectivity index (χ1) is 14.6. The molecule has 0 unspecified atom stereocenters. The van der Waals surface area contributed by atoms with E-state index in [1.165, 1.54) is 25.7 Å². The topological polar surface area (TPSA) is 66.3 Å². The van der Waals surface area contributed by atoms with Crippen molar-refractivity contribution in [2.45, 2.75) is 77.9 Å². The summed E-state index contributed by atoms with van der Waals surface area (Å²) in [6.07, 6.45) is 7.02. The molecule has 2 aromatic rings. The van der Waals surface area contributed by atoms with Gasteiger partial charge in [0.05, 0.1) is 5.39 Å². The molecule has 1 N–H and O–H groups in total. The molecule has 30 heavy (non-hydrogen) atoms. The maximum absolute atomic E-state index is 13.1. The highest BCUT2D eigenvalue weighted by atomic mass is 16.2. The standard InChI is InChI=1S/C23H36N6O/c1-4-29-22-19(9-10-20(25-22)28-13-7-5-6-8-14-28)21(26-29)23(30)24-18-11-15-27(16-12-18)17(2)3/h9-10,17-18H,4-8,11-16H2,1-3H3,(H,24,30). The fourth-order valence-electron chi connectivity index (χ4n) is 4.72. The van der Waals surface area contributed by atoms with E-state index in [1.807, 2.05) is 10.7 Å². The Hall–Kier alpha value is -2.15. The van der Waals surface area contributed by atoms with Gasteiger partial charge in [0.1, 0.15) is 5.82 Å². The molecule has 0 spiro atoms. The number of likely N-dealkylation sites (tertiary alicyclic amines) is 1. The van der Waals surface area contributed by atoms with Gasteiger partial charge in [-0.05, 0) is 58.6 Å². The minimum absolute atomic E-state index is 0.0699. The average molecular weight is 413 g/mol. The van der Waals surface area contributed by atoms with Gasteiger partial charge in [-0.2, -0.15) is 5.10 Å². The molecule has 164 valence electrons. The van der Waals surface area contributed by atoms with Crippen molar-refractivity contribution in [2.75, 3.05) is 31.1 Å². The van der Waals surface area contributed by atoms with Gasteiger partial charge in [-0.25, -0.2) is 9.67 Å². The number of hydrogen-bond donors (Lipinski definition) is 1. The van der Waals surface area contributed by atoms with Crippen LogP contribution in [0.25, 0.3) is 11.0 Å². The zero-order chi connectivity index (χ0) is 21.1. The number of piperidine rings is 1. The number of carbonyl (C=O) groups excluding carboxylic acids is 1. The van der Waals surface area contributed by atoms with Crippen LogP contribution in [-0.2, 0) is 6.54 Å². The van der Waals surface area contributed by atoms with E-state index in [-0.39, 0.29) is 11.9 Å². The van der Waals surface area contributed by atoms with E-state index < -0.39 is 0 Å². The molecule has 2 fully saturated rings. The molecule has 2 aliphatic heterocycles. The predicted octanol–water partition coefficient (Wildman–Crippen LogP) is 3.43. The SMILES string of the molecule is CCn1nc(C(=O)NC2CCN(C(C)C)CC2)c2ccc(N3CCCCCC3)nc21. The summed E-state index contributed by atoms with van der Waals surface area (Å²) in [5, 5.41) is 8.72. The average Bonchev–Trinajstić information content (AvgIpc) is 2.92. The lowest BCUT2D eigenvalue weighted by molar-refractivity contribution is 0.0896. The molecule has 7 heteroatoms. The Balaban J connectivity index is 1.52. The van der Waals surface area contributed by atoms with Crippen LogP contribution in [0, 0.1) is 0 Å². The van der Waals surface area contributed by atoms with Crippen LogP contribution in [0.1, 0.15) is 69.8 Å². The van der Waals surface area contributed by atoms with Gasteiger partial charge >= 0.3 is 0 Å². The molecule has 2 aromatic heterocycles. The normalized spacial score (nSPS) is 19.4. The van der Waals surface area contributed by atoms with E-state index >= 15 is 0 Å². The first-order valence-electron chi connectivity index (χ1n) is 11.7. The van der Waals surface area contributed by atoms with E-state index in [1.54, 1.807) is 0 Å². The first kappa shape index (κ1) is 21.1. The number of aryl methyl sites for hydroxylation is 1. The van der Waals surface area contributed by atoms with Crippen molar-refractivity contribution in [3.8, 4) is 0 Å². The van der Waals surface area contributed by atoms with Gasteiger partial charge in [0, 0.05) is 44.8 Å². The Labute approximate surface area is 179 Å². The third kappa shape index (κ3) is 4.46. The zero-order valence-electron chi connectivity index (χ0n) is 18.7. The van der Waals surface area contributed by atoms with Crippen LogP contribution in [0.15, 0.2) is 12.1 Å². The van der Waals surface area contributed by atoms with Crippen molar-refractivity contribution in [2.24, 2.45) is 0 Å². The fraction of sp³-hybridized carbons (Fsp3) is 0.696. The highest BCUT2D eigenvalue weighted by Crippen LogP contribution is 2.24. The Morgan fingerprint density at radius 1 is 1.10 bits per heavy atom.